The van der Waals surface area contributed by atoms with E-state index in [9.17, 15) is 5.11 Å². The van der Waals surface area contributed by atoms with Crippen LogP contribution in [0.2, 0.25) is 0 Å². The monoisotopic (exact) mass is 262 g/mol. The highest BCUT2D eigenvalue weighted by Crippen LogP contribution is 2.37. The van der Waals surface area contributed by atoms with E-state index in [1.165, 1.54) is 10.1 Å². The van der Waals surface area contributed by atoms with Gasteiger partial charge in [-0.2, -0.15) is 0 Å². The summed E-state index contributed by atoms with van der Waals surface area (Å²) in [6, 6.07) is 8.31. The van der Waals surface area contributed by atoms with E-state index < -0.39 is 0 Å². The maximum absolute atomic E-state index is 10.4. The topological polar surface area (TPSA) is 20.2 Å². The average molecular weight is 262 g/mol. The van der Waals surface area contributed by atoms with E-state index in [1.54, 1.807) is 11.3 Å². The molecule has 2 rings (SSSR count). The molecule has 0 fully saturated rings. The lowest BCUT2D eigenvalue weighted by Crippen LogP contribution is -2.19. The number of aliphatic hydroxyl groups is 1. The standard InChI is InChI=1S/C16H22OS/c1-11(16(2,3)4)9-14(17)13-10-18-15-8-6-5-7-12(13)15/h5-8,10-11,14,17H,9H2,1-4H3. The molecule has 2 unspecified atom stereocenters. The van der Waals surface area contributed by atoms with Gasteiger partial charge >= 0.3 is 0 Å². The molecule has 1 aromatic carbocycles. The number of aliphatic hydroxyl groups excluding tert-OH is 1. The van der Waals surface area contributed by atoms with Gasteiger partial charge in [-0.25, -0.2) is 0 Å². The lowest BCUT2D eigenvalue weighted by Gasteiger charge is -2.29. The van der Waals surface area contributed by atoms with Crippen molar-refractivity contribution in [1.82, 2.24) is 0 Å². The Balaban J connectivity index is 2.21. The van der Waals surface area contributed by atoms with Crippen LogP contribution in [0.5, 0.6) is 0 Å². The minimum Gasteiger partial charge on any atom is -0.388 e. The van der Waals surface area contributed by atoms with Crippen LogP contribution in [-0.4, -0.2) is 5.11 Å². The smallest absolute Gasteiger partial charge is 0.0806 e. The first-order valence-corrected chi connectivity index (χ1v) is 7.41. The molecule has 1 nitrogen and oxygen atoms in total. The summed E-state index contributed by atoms with van der Waals surface area (Å²) in [5.41, 5.74) is 1.33. The molecule has 1 heterocycles. The highest BCUT2D eigenvalue weighted by atomic mass is 32.1. The fourth-order valence-electron chi connectivity index (χ4n) is 2.07. The molecule has 2 atom stereocenters. The quantitative estimate of drug-likeness (QED) is 0.824. The third-order valence-corrected chi connectivity index (χ3v) is 4.91. The largest absolute Gasteiger partial charge is 0.388 e. The lowest BCUT2D eigenvalue weighted by atomic mass is 9.78. The molecule has 0 spiro atoms. The molecular formula is C16H22OS. The van der Waals surface area contributed by atoms with Crippen molar-refractivity contribution in [3.05, 3.63) is 35.2 Å². The second-order valence-corrected chi connectivity index (χ2v) is 7.12. The van der Waals surface area contributed by atoms with E-state index in [0.717, 1.165) is 12.0 Å². The molecule has 1 N–H and O–H groups in total. The van der Waals surface area contributed by atoms with Crippen LogP contribution in [0.25, 0.3) is 10.1 Å². The summed E-state index contributed by atoms with van der Waals surface area (Å²) in [6.45, 7) is 8.92. The molecule has 0 saturated carbocycles. The van der Waals surface area contributed by atoms with Gasteiger partial charge < -0.3 is 5.11 Å². The van der Waals surface area contributed by atoms with Gasteiger partial charge in [-0.1, -0.05) is 45.9 Å². The van der Waals surface area contributed by atoms with Gasteiger partial charge in [-0.15, -0.1) is 11.3 Å². The third-order valence-electron chi connectivity index (χ3n) is 3.93. The Kier molecular flexibility index (Phi) is 3.79. The van der Waals surface area contributed by atoms with Gasteiger partial charge in [0.2, 0.25) is 0 Å². The molecular weight excluding hydrogens is 240 g/mol. The highest BCUT2D eigenvalue weighted by molar-refractivity contribution is 7.17. The van der Waals surface area contributed by atoms with E-state index in [2.05, 4.69) is 45.2 Å². The van der Waals surface area contributed by atoms with Crippen LogP contribution in [0.15, 0.2) is 29.6 Å². The number of thiophene rings is 1. The van der Waals surface area contributed by atoms with Gasteiger partial charge in [0.15, 0.2) is 0 Å². The minimum atomic E-state index is -0.352. The molecule has 0 aliphatic heterocycles. The zero-order chi connectivity index (χ0) is 13.3. The van der Waals surface area contributed by atoms with Gasteiger partial charge in [0.05, 0.1) is 6.10 Å². The van der Waals surface area contributed by atoms with Crippen molar-refractivity contribution in [2.24, 2.45) is 11.3 Å². The summed E-state index contributed by atoms with van der Waals surface area (Å²) in [7, 11) is 0. The van der Waals surface area contributed by atoms with Crippen molar-refractivity contribution in [3.63, 3.8) is 0 Å². The Labute approximate surface area is 113 Å². The van der Waals surface area contributed by atoms with Gasteiger partial charge in [-0.05, 0) is 40.1 Å². The summed E-state index contributed by atoms with van der Waals surface area (Å²) in [4.78, 5) is 0. The van der Waals surface area contributed by atoms with Crippen molar-refractivity contribution >= 4 is 21.4 Å². The molecule has 0 radical (unpaired) electrons. The fraction of sp³-hybridized carbons (Fsp3) is 0.500. The number of fused-ring (bicyclic) bond motifs is 1. The lowest BCUT2D eigenvalue weighted by molar-refractivity contribution is 0.112. The Morgan fingerprint density at radius 1 is 1.22 bits per heavy atom. The second kappa shape index (κ2) is 5.02. The fourth-order valence-corrected chi connectivity index (χ4v) is 3.08. The molecule has 1 aromatic heterocycles. The SMILES string of the molecule is CC(CC(O)c1csc2ccccc12)C(C)(C)C. The van der Waals surface area contributed by atoms with Crippen molar-refractivity contribution in [2.45, 2.75) is 40.2 Å². The zero-order valence-electron chi connectivity index (χ0n) is 11.6. The van der Waals surface area contributed by atoms with Crippen molar-refractivity contribution < 1.29 is 5.11 Å². The maximum atomic E-state index is 10.4. The van der Waals surface area contributed by atoms with E-state index in [4.69, 9.17) is 0 Å². The van der Waals surface area contributed by atoms with Gasteiger partial charge in [0.1, 0.15) is 0 Å². The molecule has 2 heteroatoms. The van der Waals surface area contributed by atoms with Crippen LogP contribution in [0.4, 0.5) is 0 Å². The highest BCUT2D eigenvalue weighted by Gasteiger charge is 2.24. The first kappa shape index (κ1) is 13.6. The van der Waals surface area contributed by atoms with E-state index in [0.29, 0.717) is 5.92 Å². The van der Waals surface area contributed by atoms with Crippen LogP contribution in [0, 0.1) is 11.3 Å². The Hall–Kier alpha value is -0.860. The summed E-state index contributed by atoms with van der Waals surface area (Å²) in [5, 5.41) is 13.8. The van der Waals surface area contributed by atoms with E-state index in [1.807, 2.05) is 12.1 Å². The third kappa shape index (κ3) is 2.76. The predicted octanol–water partition coefficient (Wildman–Crippen LogP) is 5.01. The summed E-state index contributed by atoms with van der Waals surface area (Å²) in [6.07, 6.45) is 0.472. The van der Waals surface area contributed by atoms with Crippen molar-refractivity contribution in [3.8, 4) is 0 Å². The molecule has 2 aromatic rings. The van der Waals surface area contributed by atoms with Gasteiger partial charge in [0.25, 0.3) is 0 Å². The normalized spacial score (nSPS) is 15.8. The Morgan fingerprint density at radius 3 is 2.56 bits per heavy atom. The second-order valence-electron chi connectivity index (χ2n) is 6.21. The average Bonchev–Trinajstić information content (AvgIpc) is 2.71. The molecule has 0 aliphatic rings. The number of benzene rings is 1. The molecule has 0 amide bonds. The summed E-state index contributed by atoms with van der Waals surface area (Å²) < 4.78 is 1.26. The van der Waals surface area contributed by atoms with Crippen molar-refractivity contribution in [2.75, 3.05) is 0 Å². The van der Waals surface area contributed by atoms with Crippen LogP contribution < -0.4 is 0 Å². The maximum Gasteiger partial charge on any atom is 0.0806 e. The van der Waals surface area contributed by atoms with Crippen molar-refractivity contribution in [1.29, 1.82) is 0 Å². The minimum absolute atomic E-state index is 0.243. The summed E-state index contributed by atoms with van der Waals surface area (Å²) in [5.74, 6) is 0.492. The number of hydrogen-bond acceptors (Lipinski definition) is 2. The first-order valence-electron chi connectivity index (χ1n) is 6.54. The first-order chi connectivity index (χ1) is 8.39. The molecule has 98 valence electrons. The zero-order valence-corrected chi connectivity index (χ0v) is 12.4. The molecule has 0 saturated heterocycles. The van der Waals surface area contributed by atoms with Crippen LogP contribution in [0.1, 0.15) is 45.8 Å². The van der Waals surface area contributed by atoms with Gasteiger partial charge in [0, 0.05) is 4.70 Å². The number of rotatable bonds is 3. The van der Waals surface area contributed by atoms with Crippen LogP contribution in [0.3, 0.4) is 0 Å². The molecule has 0 aliphatic carbocycles. The number of hydrogen-bond donors (Lipinski definition) is 1. The van der Waals surface area contributed by atoms with Crippen LogP contribution in [-0.2, 0) is 0 Å². The Morgan fingerprint density at radius 2 is 1.89 bits per heavy atom. The van der Waals surface area contributed by atoms with Crippen LogP contribution >= 0.6 is 11.3 Å². The van der Waals surface area contributed by atoms with E-state index in [-0.39, 0.29) is 11.5 Å². The molecule has 18 heavy (non-hydrogen) atoms. The summed E-state index contributed by atoms with van der Waals surface area (Å²) >= 11 is 1.72. The van der Waals surface area contributed by atoms with E-state index >= 15 is 0 Å². The predicted molar refractivity (Wildman–Crippen MR) is 80.0 cm³/mol. The van der Waals surface area contributed by atoms with Gasteiger partial charge in [-0.3, -0.25) is 0 Å². The molecule has 0 bridgehead atoms. The Bertz CT molecular complexity index is 521.